The van der Waals surface area contributed by atoms with Crippen LogP contribution < -0.4 is 4.74 Å². The molecule has 0 spiro atoms. The van der Waals surface area contributed by atoms with Crippen molar-refractivity contribution in [2.45, 2.75) is 58.3 Å². The highest BCUT2D eigenvalue weighted by Gasteiger charge is 2.10. The predicted molar refractivity (Wildman–Crippen MR) is 169 cm³/mol. The minimum absolute atomic E-state index is 0.289. The van der Waals surface area contributed by atoms with Gasteiger partial charge in [0, 0.05) is 11.1 Å². The van der Waals surface area contributed by atoms with Gasteiger partial charge in [-0.3, -0.25) is 0 Å². The smallest absolute Gasteiger partial charge is 0.343 e. The van der Waals surface area contributed by atoms with E-state index in [2.05, 4.69) is 18.8 Å². The number of carbonyl (C=O) groups excluding carboxylic acids is 2. The number of hydrogen-bond donors (Lipinski definition) is 0. The molecular formula is C38H38O4. The summed E-state index contributed by atoms with van der Waals surface area (Å²) in [5.41, 5.74) is 4.67. The topological polar surface area (TPSA) is 52.6 Å². The quantitative estimate of drug-likeness (QED) is 0.0710. The van der Waals surface area contributed by atoms with Crippen molar-refractivity contribution in [1.82, 2.24) is 0 Å². The van der Waals surface area contributed by atoms with E-state index in [9.17, 15) is 9.59 Å². The zero-order chi connectivity index (χ0) is 29.4. The van der Waals surface area contributed by atoms with E-state index in [1.165, 1.54) is 38.5 Å². The van der Waals surface area contributed by atoms with Gasteiger partial charge in [-0.15, -0.1) is 0 Å². The number of unbranched alkanes of at least 4 members (excludes halogenated alkanes) is 7. The summed E-state index contributed by atoms with van der Waals surface area (Å²) in [6.07, 6.45) is 9.68. The highest BCUT2D eigenvalue weighted by Crippen LogP contribution is 2.24. The monoisotopic (exact) mass is 558 g/mol. The highest BCUT2D eigenvalue weighted by molar-refractivity contribution is 5.91. The number of hydrogen-bond acceptors (Lipinski definition) is 4. The summed E-state index contributed by atoms with van der Waals surface area (Å²) in [5, 5.41) is 0. The number of carbonyl (C=O) groups is 2. The summed E-state index contributed by atoms with van der Waals surface area (Å²) < 4.78 is 11.0. The van der Waals surface area contributed by atoms with Crippen molar-refractivity contribution in [3.05, 3.63) is 125 Å². The van der Waals surface area contributed by atoms with E-state index in [0.29, 0.717) is 23.5 Å². The lowest BCUT2D eigenvalue weighted by Gasteiger charge is -2.08. The van der Waals surface area contributed by atoms with Crippen LogP contribution >= 0.6 is 0 Å². The van der Waals surface area contributed by atoms with Crippen molar-refractivity contribution in [3.63, 3.8) is 0 Å². The van der Waals surface area contributed by atoms with E-state index in [4.69, 9.17) is 9.47 Å². The van der Waals surface area contributed by atoms with Crippen molar-refractivity contribution >= 4 is 11.9 Å². The van der Waals surface area contributed by atoms with Gasteiger partial charge in [0.15, 0.2) is 0 Å². The van der Waals surface area contributed by atoms with Crippen LogP contribution in [0.5, 0.6) is 5.75 Å². The molecule has 0 aliphatic heterocycles. The van der Waals surface area contributed by atoms with Gasteiger partial charge in [-0.25, -0.2) is 9.59 Å². The van der Waals surface area contributed by atoms with Crippen LogP contribution in [-0.2, 0) is 4.74 Å². The molecule has 4 nitrogen and oxygen atoms in total. The van der Waals surface area contributed by atoms with Crippen LogP contribution in [0.25, 0.3) is 11.1 Å². The van der Waals surface area contributed by atoms with Gasteiger partial charge in [0.05, 0.1) is 17.7 Å². The fourth-order valence-electron chi connectivity index (χ4n) is 4.52. The summed E-state index contributed by atoms with van der Waals surface area (Å²) in [6, 6.07) is 31.5. The predicted octanol–water partition coefficient (Wildman–Crippen LogP) is 9.27. The van der Waals surface area contributed by atoms with Gasteiger partial charge in [0.1, 0.15) is 5.75 Å². The maximum absolute atomic E-state index is 12.6. The molecule has 0 aromatic heterocycles. The summed E-state index contributed by atoms with van der Waals surface area (Å²) >= 11 is 0. The first-order chi connectivity index (χ1) is 20.6. The van der Waals surface area contributed by atoms with Gasteiger partial charge in [0.25, 0.3) is 0 Å². The molecule has 0 atom stereocenters. The standard InChI is InChI=1S/C38H38O4/c1-2-3-4-5-6-7-8-12-29-41-37(39)34-23-21-32(22-24-34)33-25-27-36(28-26-33)42-38(40)35-19-17-31(18-20-35)16-15-30-13-10-9-11-14-30/h9-11,13-14,17-28H,2-8,12,29H2,1H3. The largest absolute Gasteiger partial charge is 0.462 e. The fourth-order valence-corrected chi connectivity index (χ4v) is 4.52. The molecule has 0 fully saturated rings. The van der Waals surface area contributed by atoms with Gasteiger partial charge in [-0.2, -0.15) is 0 Å². The number of ether oxygens (including phenoxy) is 2. The highest BCUT2D eigenvalue weighted by atomic mass is 16.5. The van der Waals surface area contributed by atoms with Crippen LogP contribution in [0, 0.1) is 11.8 Å². The molecule has 0 saturated carbocycles. The Morgan fingerprint density at radius 3 is 1.67 bits per heavy atom. The minimum Gasteiger partial charge on any atom is -0.462 e. The Bertz CT molecular complexity index is 1460. The Morgan fingerprint density at radius 1 is 0.548 bits per heavy atom. The maximum atomic E-state index is 12.6. The van der Waals surface area contributed by atoms with Gasteiger partial charge >= 0.3 is 11.9 Å². The van der Waals surface area contributed by atoms with Crippen molar-refractivity contribution in [3.8, 4) is 28.7 Å². The summed E-state index contributed by atoms with van der Waals surface area (Å²) in [5.74, 6) is 5.95. The van der Waals surface area contributed by atoms with Gasteiger partial charge < -0.3 is 9.47 Å². The second kappa shape index (κ2) is 16.6. The molecule has 0 N–H and O–H groups in total. The Labute approximate surface area is 249 Å². The number of rotatable bonds is 13. The van der Waals surface area contributed by atoms with Gasteiger partial charge in [-0.05, 0) is 78.2 Å². The normalized spacial score (nSPS) is 10.4. The molecule has 4 rings (SSSR count). The lowest BCUT2D eigenvalue weighted by molar-refractivity contribution is 0.0497. The molecule has 214 valence electrons. The first-order valence-corrected chi connectivity index (χ1v) is 14.9. The molecule has 42 heavy (non-hydrogen) atoms. The molecule has 4 aromatic rings. The molecule has 0 unspecified atom stereocenters. The molecule has 0 bridgehead atoms. The molecule has 0 aliphatic carbocycles. The molecule has 0 radical (unpaired) electrons. The van der Waals surface area contributed by atoms with Gasteiger partial charge in [-0.1, -0.05) is 106 Å². The van der Waals surface area contributed by atoms with E-state index >= 15 is 0 Å². The van der Waals surface area contributed by atoms with Crippen molar-refractivity contribution in [1.29, 1.82) is 0 Å². The zero-order valence-electron chi connectivity index (χ0n) is 24.3. The summed E-state index contributed by atoms with van der Waals surface area (Å²) in [7, 11) is 0. The average Bonchev–Trinajstić information content (AvgIpc) is 3.04. The third-order valence-electron chi connectivity index (χ3n) is 7.00. The van der Waals surface area contributed by atoms with Crippen LogP contribution in [0.2, 0.25) is 0 Å². The van der Waals surface area contributed by atoms with Crippen LogP contribution in [0.4, 0.5) is 0 Å². The Balaban J connectivity index is 1.22. The van der Waals surface area contributed by atoms with E-state index in [0.717, 1.165) is 35.1 Å². The maximum Gasteiger partial charge on any atom is 0.343 e. The van der Waals surface area contributed by atoms with E-state index in [1.807, 2.05) is 66.7 Å². The third-order valence-corrected chi connectivity index (χ3v) is 7.00. The lowest BCUT2D eigenvalue weighted by atomic mass is 10.0. The molecule has 0 saturated heterocycles. The van der Waals surface area contributed by atoms with Crippen LogP contribution in [0.15, 0.2) is 103 Å². The minimum atomic E-state index is -0.430. The molecule has 4 aromatic carbocycles. The number of esters is 2. The molecule has 4 heteroatoms. The SMILES string of the molecule is CCCCCCCCCCOC(=O)c1ccc(-c2ccc(OC(=O)c3ccc(C#Cc4ccccc4)cc3)cc2)cc1. The third kappa shape index (κ3) is 9.78. The Kier molecular flexibility index (Phi) is 12.0. The van der Waals surface area contributed by atoms with Crippen molar-refractivity contribution < 1.29 is 19.1 Å². The Morgan fingerprint density at radius 2 is 1.05 bits per heavy atom. The molecule has 0 aliphatic rings. The molecule has 0 amide bonds. The molecule has 0 heterocycles. The van der Waals surface area contributed by atoms with E-state index in [-0.39, 0.29) is 5.97 Å². The lowest BCUT2D eigenvalue weighted by Crippen LogP contribution is -2.08. The average molecular weight is 559 g/mol. The van der Waals surface area contributed by atoms with Crippen LogP contribution in [-0.4, -0.2) is 18.5 Å². The first-order valence-electron chi connectivity index (χ1n) is 14.9. The summed E-state index contributed by atoms with van der Waals surface area (Å²) in [6.45, 7) is 2.69. The van der Waals surface area contributed by atoms with E-state index in [1.54, 1.807) is 36.4 Å². The van der Waals surface area contributed by atoms with Gasteiger partial charge in [0.2, 0.25) is 0 Å². The van der Waals surface area contributed by atoms with E-state index < -0.39 is 5.97 Å². The first kappa shape index (κ1) is 30.3. The van der Waals surface area contributed by atoms with Crippen molar-refractivity contribution in [2.24, 2.45) is 0 Å². The second-order valence-electron chi connectivity index (χ2n) is 10.3. The van der Waals surface area contributed by atoms with Crippen molar-refractivity contribution in [2.75, 3.05) is 6.61 Å². The number of benzene rings is 4. The Hall–Kier alpha value is -4.62. The second-order valence-corrected chi connectivity index (χ2v) is 10.3. The van der Waals surface area contributed by atoms with Crippen LogP contribution in [0.3, 0.4) is 0 Å². The zero-order valence-corrected chi connectivity index (χ0v) is 24.3. The summed E-state index contributed by atoms with van der Waals surface area (Å²) in [4.78, 5) is 25.0. The molecular weight excluding hydrogens is 520 g/mol. The van der Waals surface area contributed by atoms with Crippen LogP contribution in [0.1, 0.15) is 90.1 Å². The fraction of sp³-hybridized carbons (Fsp3) is 0.263.